The van der Waals surface area contributed by atoms with E-state index in [2.05, 4.69) is 29.5 Å². The second kappa shape index (κ2) is 9.71. The summed E-state index contributed by atoms with van der Waals surface area (Å²) in [7, 11) is 1.88. The zero-order valence-corrected chi connectivity index (χ0v) is 15.6. The van der Waals surface area contributed by atoms with Gasteiger partial charge >= 0.3 is 0 Å². The second-order valence-electron chi connectivity index (χ2n) is 5.67. The molecule has 0 fully saturated rings. The molecular formula is C17H25Cl2N3O. The molecule has 128 valence electrons. The van der Waals surface area contributed by atoms with Crippen LogP contribution in [0.25, 0.3) is 10.9 Å². The number of halogens is 2. The lowest BCUT2D eigenvalue weighted by Gasteiger charge is -2.14. The highest BCUT2D eigenvalue weighted by atomic mass is 35.5. The normalized spacial score (nSPS) is 11.5. The average molecular weight is 358 g/mol. The van der Waals surface area contributed by atoms with E-state index in [0.29, 0.717) is 12.1 Å². The predicted octanol–water partition coefficient (Wildman–Crippen LogP) is 3.54. The number of hydrogen-bond donors (Lipinski definition) is 2. The number of amides is 1. The second-order valence-corrected chi connectivity index (χ2v) is 5.67. The lowest BCUT2D eigenvalue weighted by Crippen LogP contribution is -2.37. The summed E-state index contributed by atoms with van der Waals surface area (Å²) in [6, 6.07) is 9.94. The first-order valence-corrected chi connectivity index (χ1v) is 7.38. The summed E-state index contributed by atoms with van der Waals surface area (Å²) in [4.78, 5) is 17.1. The van der Waals surface area contributed by atoms with Crippen molar-refractivity contribution in [3.63, 3.8) is 0 Å². The first kappa shape index (κ1) is 21.6. The van der Waals surface area contributed by atoms with Crippen LogP contribution in [0.4, 0.5) is 0 Å². The fourth-order valence-corrected chi connectivity index (χ4v) is 2.12. The Bertz CT molecular complexity index is 647. The van der Waals surface area contributed by atoms with E-state index in [9.17, 15) is 4.79 Å². The SMILES string of the molecule is CNC(C)CNC(=O)c1cc(C(C)C)nc2ccccc12.Cl.Cl. The fraction of sp³-hybridized carbons (Fsp3) is 0.412. The number of benzene rings is 1. The van der Waals surface area contributed by atoms with E-state index in [1.807, 2.05) is 44.3 Å². The standard InChI is InChI=1S/C17H23N3O.2ClH/c1-11(2)16-9-14(17(21)19-10-12(3)18-4)13-7-5-6-8-15(13)20-16;;/h5-9,11-12,18H,10H2,1-4H3,(H,19,21);2*1H. The summed E-state index contributed by atoms with van der Waals surface area (Å²) in [5, 5.41) is 6.99. The minimum atomic E-state index is -0.0439. The van der Waals surface area contributed by atoms with Crippen LogP contribution >= 0.6 is 24.8 Å². The Morgan fingerprint density at radius 1 is 1.17 bits per heavy atom. The number of pyridine rings is 1. The first-order chi connectivity index (χ1) is 10.0. The van der Waals surface area contributed by atoms with E-state index in [0.717, 1.165) is 16.6 Å². The van der Waals surface area contributed by atoms with Crippen LogP contribution in [0.1, 0.15) is 42.7 Å². The van der Waals surface area contributed by atoms with Gasteiger partial charge in [-0.05, 0) is 32.0 Å². The Morgan fingerprint density at radius 3 is 2.43 bits per heavy atom. The molecule has 4 nitrogen and oxygen atoms in total. The highest BCUT2D eigenvalue weighted by Crippen LogP contribution is 2.22. The van der Waals surface area contributed by atoms with Gasteiger partial charge in [0.05, 0.1) is 11.1 Å². The van der Waals surface area contributed by atoms with Gasteiger partial charge in [0.2, 0.25) is 0 Å². The Morgan fingerprint density at radius 2 is 1.83 bits per heavy atom. The summed E-state index contributed by atoms with van der Waals surface area (Å²) in [6.07, 6.45) is 0. The monoisotopic (exact) mass is 357 g/mol. The van der Waals surface area contributed by atoms with Crippen LogP contribution in [-0.2, 0) is 0 Å². The Labute approximate surface area is 150 Å². The number of fused-ring (bicyclic) bond motifs is 1. The number of carbonyl (C=O) groups excluding carboxylic acids is 1. The third kappa shape index (κ3) is 5.34. The summed E-state index contributed by atoms with van der Waals surface area (Å²) < 4.78 is 0. The Balaban J connectivity index is 0.00000242. The molecule has 0 radical (unpaired) electrons. The van der Waals surface area contributed by atoms with Crippen molar-refractivity contribution in [1.82, 2.24) is 15.6 Å². The van der Waals surface area contributed by atoms with Crippen LogP contribution in [-0.4, -0.2) is 30.5 Å². The molecule has 0 aliphatic carbocycles. The van der Waals surface area contributed by atoms with Crippen molar-refractivity contribution < 1.29 is 4.79 Å². The highest BCUT2D eigenvalue weighted by Gasteiger charge is 2.14. The summed E-state index contributed by atoms with van der Waals surface area (Å²) in [5.74, 6) is 0.245. The number of rotatable bonds is 5. The fourth-order valence-electron chi connectivity index (χ4n) is 2.12. The number of carbonyl (C=O) groups is 1. The maximum Gasteiger partial charge on any atom is 0.252 e. The van der Waals surface area contributed by atoms with E-state index in [4.69, 9.17) is 0 Å². The van der Waals surface area contributed by atoms with Crippen LogP contribution in [0.2, 0.25) is 0 Å². The van der Waals surface area contributed by atoms with Gasteiger partial charge in [-0.15, -0.1) is 24.8 Å². The van der Waals surface area contributed by atoms with Crippen LogP contribution < -0.4 is 10.6 Å². The van der Waals surface area contributed by atoms with E-state index >= 15 is 0 Å². The first-order valence-electron chi connectivity index (χ1n) is 7.38. The van der Waals surface area contributed by atoms with Crippen LogP contribution in [0, 0.1) is 0 Å². The van der Waals surface area contributed by atoms with Crippen molar-refractivity contribution in [2.45, 2.75) is 32.7 Å². The van der Waals surface area contributed by atoms with Gasteiger partial charge in [0, 0.05) is 23.7 Å². The van der Waals surface area contributed by atoms with Crippen molar-refractivity contribution >= 4 is 41.6 Å². The lowest BCUT2D eigenvalue weighted by atomic mass is 10.0. The maximum atomic E-state index is 12.5. The van der Waals surface area contributed by atoms with Crippen molar-refractivity contribution in [2.24, 2.45) is 0 Å². The summed E-state index contributed by atoms with van der Waals surface area (Å²) in [6.45, 7) is 6.80. The average Bonchev–Trinajstić information content (AvgIpc) is 2.50. The molecule has 0 spiro atoms. The van der Waals surface area contributed by atoms with Crippen molar-refractivity contribution in [3.05, 3.63) is 41.6 Å². The third-order valence-corrected chi connectivity index (χ3v) is 3.63. The number of likely N-dealkylation sites (N-methyl/N-ethyl adjacent to an activating group) is 1. The number of nitrogens with zero attached hydrogens (tertiary/aromatic N) is 1. The highest BCUT2D eigenvalue weighted by molar-refractivity contribution is 6.06. The minimum absolute atomic E-state index is 0. The Kier molecular flexibility index (Phi) is 9.13. The van der Waals surface area contributed by atoms with Crippen LogP contribution in [0.15, 0.2) is 30.3 Å². The van der Waals surface area contributed by atoms with E-state index in [-0.39, 0.29) is 42.7 Å². The van der Waals surface area contributed by atoms with Crippen LogP contribution in [0.5, 0.6) is 0 Å². The molecule has 0 aliphatic heterocycles. The van der Waals surface area contributed by atoms with E-state index in [1.54, 1.807) is 0 Å². The molecule has 23 heavy (non-hydrogen) atoms. The van der Waals surface area contributed by atoms with Gasteiger partial charge in [-0.3, -0.25) is 9.78 Å². The van der Waals surface area contributed by atoms with Gasteiger partial charge < -0.3 is 10.6 Å². The van der Waals surface area contributed by atoms with Gasteiger partial charge in [0.1, 0.15) is 0 Å². The molecule has 0 saturated heterocycles. The van der Waals surface area contributed by atoms with Gasteiger partial charge in [-0.25, -0.2) is 0 Å². The molecule has 1 amide bonds. The van der Waals surface area contributed by atoms with Crippen molar-refractivity contribution in [3.8, 4) is 0 Å². The molecule has 1 aromatic carbocycles. The lowest BCUT2D eigenvalue weighted by molar-refractivity contribution is 0.0952. The van der Waals surface area contributed by atoms with Gasteiger partial charge in [-0.1, -0.05) is 32.0 Å². The molecule has 1 atom stereocenters. The van der Waals surface area contributed by atoms with E-state index in [1.165, 1.54) is 0 Å². The maximum absolute atomic E-state index is 12.5. The topological polar surface area (TPSA) is 54.0 Å². The molecule has 1 aromatic heterocycles. The molecule has 6 heteroatoms. The third-order valence-electron chi connectivity index (χ3n) is 3.63. The molecular weight excluding hydrogens is 333 g/mol. The summed E-state index contributed by atoms with van der Waals surface area (Å²) >= 11 is 0. The smallest absolute Gasteiger partial charge is 0.252 e. The predicted molar refractivity (Wildman–Crippen MR) is 101 cm³/mol. The molecule has 2 aromatic rings. The molecule has 0 bridgehead atoms. The minimum Gasteiger partial charge on any atom is -0.350 e. The number of nitrogens with one attached hydrogen (secondary N) is 2. The zero-order valence-electron chi connectivity index (χ0n) is 13.9. The number of para-hydroxylation sites is 1. The van der Waals surface area contributed by atoms with Gasteiger partial charge in [-0.2, -0.15) is 0 Å². The molecule has 2 N–H and O–H groups in total. The van der Waals surface area contributed by atoms with Crippen molar-refractivity contribution in [1.29, 1.82) is 0 Å². The molecule has 1 heterocycles. The molecule has 2 rings (SSSR count). The number of aromatic nitrogens is 1. The van der Waals surface area contributed by atoms with Crippen LogP contribution in [0.3, 0.4) is 0 Å². The summed E-state index contributed by atoms with van der Waals surface area (Å²) in [5.41, 5.74) is 2.52. The van der Waals surface area contributed by atoms with Crippen molar-refractivity contribution in [2.75, 3.05) is 13.6 Å². The molecule has 0 saturated carbocycles. The number of hydrogen-bond acceptors (Lipinski definition) is 3. The largest absolute Gasteiger partial charge is 0.350 e. The van der Waals surface area contributed by atoms with Gasteiger partial charge in [0.25, 0.3) is 5.91 Å². The van der Waals surface area contributed by atoms with Gasteiger partial charge in [0.15, 0.2) is 0 Å². The Hall–Kier alpha value is -1.36. The zero-order chi connectivity index (χ0) is 15.4. The van der Waals surface area contributed by atoms with E-state index < -0.39 is 0 Å². The quantitative estimate of drug-likeness (QED) is 0.860. The molecule has 0 aliphatic rings. The molecule has 1 unspecified atom stereocenters.